The van der Waals surface area contributed by atoms with Crippen molar-refractivity contribution in [2.45, 2.75) is 8.37 Å². The molecule has 2 aromatic carbocycles. The molecule has 1 N–H and O–H groups in total. The number of alkyl halides is 3. The Morgan fingerprint density at radius 3 is 2.25 bits per heavy atom. The van der Waals surface area contributed by atoms with E-state index in [1.54, 1.807) is 36.4 Å². The third kappa shape index (κ3) is 5.02. The summed E-state index contributed by atoms with van der Waals surface area (Å²) in [6, 6.07) is 14.5. The van der Waals surface area contributed by atoms with E-state index in [0.29, 0.717) is 5.56 Å². The number of nitro benzene ring substituents is 1. The smallest absolute Gasteiger partial charge is 0.311 e. The monoisotopic (exact) mass is 520 g/mol. The lowest BCUT2D eigenvalue weighted by Crippen LogP contribution is -2.47. The van der Waals surface area contributed by atoms with Gasteiger partial charge in [-0.05, 0) is 18.2 Å². The molecule has 0 unspecified atom stereocenters. The summed E-state index contributed by atoms with van der Waals surface area (Å²) in [7, 11) is 0. The fourth-order valence-electron chi connectivity index (χ4n) is 1.80. The second-order valence-electron chi connectivity index (χ2n) is 4.60. The second-order valence-corrected chi connectivity index (χ2v) is 11.5. The molecular formula is C15H11Br3N2O4. The lowest BCUT2D eigenvalue weighted by Gasteiger charge is -2.27. The molecule has 0 aliphatic rings. The van der Waals surface area contributed by atoms with Gasteiger partial charge in [0.1, 0.15) is 0 Å². The fourth-order valence-corrected chi connectivity index (χ4v) is 2.43. The van der Waals surface area contributed by atoms with E-state index in [-0.39, 0.29) is 17.3 Å². The molecule has 0 radical (unpaired) electrons. The SMILES string of the molecule is O=C(N[C@@H](Oc1ccccc1[N+](=O)[O-])C(Br)(Br)Br)c1ccccc1. The van der Waals surface area contributed by atoms with Crippen LogP contribution >= 0.6 is 47.8 Å². The maximum Gasteiger partial charge on any atom is 0.311 e. The third-order valence-corrected chi connectivity index (χ3v) is 4.15. The van der Waals surface area contributed by atoms with Gasteiger partial charge in [0, 0.05) is 11.6 Å². The molecule has 0 aliphatic carbocycles. The first-order valence-corrected chi connectivity index (χ1v) is 8.99. The number of rotatable bonds is 5. The number of hydrogen-bond donors (Lipinski definition) is 1. The number of halogens is 3. The lowest BCUT2D eigenvalue weighted by molar-refractivity contribution is -0.386. The summed E-state index contributed by atoms with van der Waals surface area (Å²) in [5.74, 6) is -0.356. The largest absolute Gasteiger partial charge is 0.460 e. The van der Waals surface area contributed by atoms with Gasteiger partial charge in [0.2, 0.25) is 6.23 Å². The number of nitrogens with one attached hydrogen (secondary N) is 1. The van der Waals surface area contributed by atoms with Gasteiger partial charge < -0.3 is 10.1 Å². The average molecular weight is 523 g/mol. The minimum Gasteiger partial charge on any atom is -0.460 e. The minimum absolute atomic E-state index is 0.0311. The van der Waals surface area contributed by atoms with Crippen LogP contribution in [0.2, 0.25) is 0 Å². The van der Waals surface area contributed by atoms with Crippen molar-refractivity contribution < 1.29 is 14.5 Å². The Morgan fingerprint density at radius 1 is 1.08 bits per heavy atom. The van der Waals surface area contributed by atoms with Crippen LogP contribution in [0.25, 0.3) is 0 Å². The molecule has 0 aromatic heterocycles. The van der Waals surface area contributed by atoms with Crippen molar-refractivity contribution in [1.29, 1.82) is 0 Å². The molecule has 0 saturated carbocycles. The molecular weight excluding hydrogens is 512 g/mol. The van der Waals surface area contributed by atoms with Crippen LogP contribution in [-0.4, -0.2) is 19.2 Å². The van der Waals surface area contributed by atoms with Gasteiger partial charge in [0.05, 0.1) is 4.92 Å². The van der Waals surface area contributed by atoms with Crippen LogP contribution in [0.15, 0.2) is 54.6 Å². The quantitative estimate of drug-likeness (QED) is 0.270. The van der Waals surface area contributed by atoms with Gasteiger partial charge in [-0.25, -0.2) is 0 Å². The number of amides is 1. The topological polar surface area (TPSA) is 81.5 Å². The summed E-state index contributed by atoms with van der Waals surface area (Å²) in [4.78, 5) is 22.9. The summed E-state index contributed by atoms with van der Waals surface area (Å²) in [5.41, 5.74) is 0.235. The molecule has 6 nitrogen and oxygen atoms in total. The van der Waals surface area contributed by atoms with Crippen molar-refractivity contribution in [2.24, 2.45) is 0 Å². The van der Waals surface area contributed by atoms with Crippen LogP contribution < -0.4 is 10.1 Å². The van der Waals surface area contributed by atoms with Gasteiger partial charge in [0.15, 0.2) is 7.89 Å². The van der Waals surface area contributed by atoms with Crippen molar-refractivity contribution in [3.8, 4) is 5.75 Å². The highest BCUT2D eigenvalue weighted by Crippen LogP contribution is 2.39. The molecule has 1 atom stereocenters. The van der Waals surface area contributed by atoms with E-state index >= 15 is 0 Å². The number of nitrogens with zero attached hydrogens (tertiary/aromatic N) is 1. The average Bonchev–Trinajstić information content (AvgIpc) is 2.54. The predicted molar refractivity (Wildman–Crippen MR) is 101 cm³/mol. The maximum atomic E-state index is 12.3. The Kier molecular flexibility index (Phi) is 6.36. The first-order valence-electron chi connectivity index (χ1n) is 6.62. The molecule has 2 rings (SSSR count). The van der Waals surface area contributed by atoms with Crippen molar-refractivity contribution in [1.82, 2.24) is 5.32 Å². The van der Waals surface area contributed by atoms with E-state index in [9.17, 15) is 14.9 Å². The molecule has 24 heavy (non-hydrogen) atoms. The molecule has 126 valence electrons. The summed E-state index contributed by atoms with van der Waals surface area (Å²) < 4.78 is 4.62. The summed E-state index contributed by atoms with van der Waals surface area (Å²) >= 11 is 9.87. The molecule has 0 bridgehead atoms. The summed E-state index contributed by atoms with van der Waals surface area (Å²) in [6.07, 6.45) is -0.980. The first kappa shape index (κ1) is 18.9. The molecule has 0 fully saturated rings. The fraction of sp³-hybridized carbons (Fsp3) is 0.133. The molecule has 1 amide bonds. The summed E-state index contributed by atoms with van der Waals surface area (Å²) in [5, 5.41) is 13.8. The van der Waals surface area contributed by atoms with Crippen LogP contribution in [0.3, 0.4) is 0 Å². The number of carbonyl (C=O) groups is 1. The Bertz CT molecular complexity index is 735. The zero-order valence-electron chi connectivity index (χ0n) is 12.0. The number of para-hydroxylation sites is 2. The number of benzene rings is 2. The molecule has 9 heteroatoms. The first-order chi connectivity index (χ1) is 11.3. The normalized spacial score (nSPS) is 12.3. The Hall–Kier alpha value is -1.45. The Morgan fingerprint density at radius 2 is 1.67 bits per heavy atom. The third-order valence-electron chi connectivity index (χ3n) is 2.90. The Labute approximate surface area is 163 Å². The van der Waals surface area contributed by atoms with Crippen molar-refractivity contribution in [3.63, 3.8) is 0 Å². The highest BCUT2D eigenvalue weighted by atomic mass is 80.0. The van der Waals surface area contributed by atoms with Gasteiger partial charge in [-0.1, -0.05) is 78.1 Å². The van der Waals surface area contributed by atoms with E-state index in [2.05, 4.69) is 53.1 Å². The second kappa shape index (κ2) is 8.09. The van der Waals surface area contributed by atoms with Crippen molar-refractivity contribution in [2.75, 3.05) is 0 Å². The van der Waals surface area contributed by atoms with Gasteiger partial charge in [-0.3, -0.25) is 14.9 Å². The van der Waals surface area contributed by atoms with Crippen LogP contribution in [0, 0.1) is 10.1 Å². The van der Waals surface area contributed by atoms with Gasteiger partial charge >= 0.3 is 5.69 Å². The van der Waals surface area contributed by atoms with Crippen molar-refractivity contribution >= 4 is 59.4 Å². The van der Waals surface area contributed by atoms with E-state index < -0.39 is 13.3 Å². The van der Waals surface area contributed by atoms with Crippen LogP contribution in [0.1, 0.15) is 10.4 Å². The summed E-state index contributed by atoms with van der Waals surface area (Å²) in [6.45, 7) is 0. The molecule has 0 aliphatic heterocycles. The van der Waals surface area contributed by atoms with Crippen LogP contribution in [-0.2, 0) is 0 Å². The van der Waals surface area contributed by atoms with Gasteiger partial charge in [-0.15, -0.1) is 0 Å². The predicted octanol–water partition coefficient (Wildman–Crippen LogP) is 4.57. The van der Waals surface area contributed by atoms with Crippen molar-refractivity contribution in [3.05, 3.63) is 70.3 Å². The molecule has 2 aromatic rings. The van der Waals surface area contributed by atoms with E-state index in [0.717, 1.165) is 0 Å². The standard InChI is InChI=1S/C15H11Br3N2O4/c16-15(17,18)14(19-13(21)10-6-2-1-3-7-10)24-12-9-5-4-8-11(12)20(22)23/h1-9,14H,(H,19,21)/t14-/m0/s1. The number of ether oxygens (including phenoxy) is 1. The van der Waals surface area contributed by atoms with E-state index in [1.165, 1.54) is 18.2 Å². The van der Waals surface area contributed by atoms with Gasteiger partial charge in [-0.2, -0.15) is 0 Å². The zero-order valence-corrected chi connectivity index (χ0v) is 16.7. The lowest BCUT2D eigenvalue weighted by atomic mass is 10.2. The molecule has 0 spiro atoms. The van der Waals surface area contributed by atoms with Crippen LogP contribution in [0.5, 0.6) is 5.75 Å². The highest BCUT2D eigenvalue weighted by Gasteiger charge is 2.36. The number of nitro groups is 1. The molecule has 0 heterocycles. The zero-order chi connectivity index (χ0) is 17.7. The minimum atomic E-state index is -1.03. The molecule has 0 saturated heterocycles. The number of carbonyl (C=O) groups excluding carboxylic acids is 1. The Balaban J connectivity index is 2.25. The maximum absolute atomic E-state index is 12.3. The van der Waals surface area contributed by atoms with Gasteiger partial charge in [0.25, 0.3) is 5.91 Å². The number of hydrogen-bond acceptors (Lipinski definition) is 4. The van der Waals surface area contributed by atoms with E-state index in [4.69, 9.17) is 4.74 Å². The highest BCUT2D eigenvalue weighted by molar-refractivity contribution is 9.39. The van der Waals surface area contributed by atoms with E-state index in [1.807, 2.05) is 0 Å². The van der Waals surface area contributed by atoms with Crippen LogP contribution in [0.4, 0.5) is 5.69 Å².